The smallest absolute Gasteiger partial charge is 0.244 e. The van der Waals surface area contributed by atoms with Crippen LogP contribution < -0.4 is 14.4 Å². The molecule has 1 N–H and O–H groups in total. The summed E-state index contributed by atoms with van der Waals surface area (Å²) < 4.78 is 44.7. The quantitative estimate of drug-likeness (QED) is 0.589. The lowest BCUT2D eigenvalue weighted by Gasteiger charge is -2.30. The first kappa shape index (κ1) is 24.7. The predicted molar refractivity (Wildman–Crippen MR) is 121 cm³/mol. The van der Waals surface area contributed by atoms with Crippen molar-refractivity contribution in [2.45, 2.75) is 45.6 Å². The van der Waals surface area contributed by atoms with Crippen molar-refractivity contribution >= 4 is 21.6 Å². The van der Waals surface area contributed by atoms with E-state index >= 15 is 0 Å². The highest BCUT2D eigenvalue weighted by Gasteiger charge is 2.31. The fourth-order valence-corrected chi connectivity index (χ4v) is 4.37. The van der Waals surface area contributed by atoms with Crippen LogP contribution in [0.3, 0.4) is 0 Å². The highest BCUT2D eigenvalue weighted by molar-refractivity contribution is 7.92. The minimum atomic E-state index is -3.76. The summed E-state index contributed by atoms with van der Waals surface area (Å²) in [5, 5.41) is 2.73. The van der Waals surface area contributed by atoms with Crippen molar-refractivity contribution in [3.8, 4) is 5.75 Å². The summed E-state index contributed by atoms with van der Waals surface area (Å²) in [4.78, 5) is 12.7. The molecule has 0 aliphatic rings. The molecule has 2 aromatic rings. The van der Waals surface area contributed by atoms with Crippen LogP contribution in [0.25, 0.3) is 0 Å². The number of hydrogen-bond acceptors (Lipinski definition) is 4. The monoisotopic (exact) mass is 450 g/mol. The van der Waals surface area contributed by atoms with Crippen LogP contribution in [0.15, 0.2) is 48.5 Å². The van der Waals surface area contributed by atoms with Gasteiger partial charge in [-0.1, -0.05) is 39.8 Å². The molecule has 0 saturated carbocycles. The molecule has 1 amide bonds. The zero-order chi connectivity index (χ0) is 23.2. The second kappa shape index (κ2) is 10.1. The standard InChI is InChI=1S/C23H31FN2O4S/c1-6-21(26(31(5,28)29)19-11-9-18(24)10-12-19)22(27)25-15-16-30-20-13-7-17(8-14-20)23(2,3)4/h7-14,21H,6,15-16H2,1-5H3,(H,25,27). The highest BCUT2D eigenvalue weighted by Crippen LogP contribution is 2.24. The second-order valence-corrected chi connectivity index (χ2v) is 10.2. The van der Waals surface area contributed by atoms with Gasteiger partial charge in [0.1, 0.15) is 24.2 Å². The fourth-order valence-electron chi connectivity index (χ4n) is 3.16. The van der Waals surface area contributed by atoms with E-state index in [1.54, 1.807) is 6.92 Å². The van der Waals surface area contributed by atoms with Crippen molar-refractivity contribution in [3.05, 3.63) is 59.9 Å². The average molecular weight is 451 g/mol. The first-order valence-corrected chi connectivity index (χ1v) is 12.0. The lowest BCUT2D eigenvalue weighted by atomic mass is 9.87. The minimum Gasteiger partial charge on any atom is -0.492 e. The van der Waals surface area contributed by atoms with E-state index in [1.165, 1.54) is 17.7 Å². The Kier molecular flexibility index (Phi) is 8.06. The third-order valence-corrected chi connectivity index (χ3v) is 5.98. The number of carbonyl (C=O) groups excluding carboxylic acids is 1. The lowest BCUT2D eigenvalue weighted by Crippen LogP contribution is -2.50. The summed E-state index contributed by atoms with van der Waals surface area (Å²) in [5.74, 6) is -0.232. The Morgan fingerprint density at radius 2 is 1.68 bits per heavy atom. The minimum absolute atomic E-state index is 0.0533. The van der Waals surface area contributed by atoms with Gasteiger partial charge in [-0.15, -0.1) is 0 Å². The Balaban J connectivity index is 1.99. The van der Waals surface area contributed by atoms with Gasteiger partial charge in [-0.25, -0.2) is 12.8 Å². The SMILES string of the molecule is CCC(C(=O)NCCOc1ccc(C(C)(C)C)cc1)N(c1ccc(F)cc1)S(C)(=O)=O. The van der Waals surface area contributed by atoms with Crippen LogP contribution in [0, 0.1) is 5.82 Å². The number of benzene rings is 2. The first-order chi connectivity index (χ1) is 14.4. The maximum absolute atomic E-state index is 13.3. The lowest BCUT2D eigenvalue weighted by molar-refractivity contribution is -0.122. The van der Waals surface area contributed by atoms with Crippen molar-refractivity contribution in [2.24, 2.45) is 0 Å². The molecular formula is C23H31FN2O4S. The molecule has 31 heavy (non-hydrogen) atoms. The van der Waals surface area contributed by atoms with E-state index in [0.717, 1.165) is 22.7 Å². The van der Waals surface area contributed by atoms with Gasteiger partial charge in [-0.3, -0.25) is 9.10 Å². The molecule has 0 fully saturated rings. The van der Waals surface area contributed by atoms with Crippen molar-refractivity contribution in [2.75, 3.05) is 23.7 Å². The van der Waals surface area contributed by atoms with Gasteiger partial charge in [0.15, 0.2) is 0 Å². The molecule has 0 heterocycles. The molecule has 0 aliphatic carbocycles. The number of hydrogen-bond donors (Lipinski definition) is 1. The van der Waals surface area contributed by atoms with Crippen LogP contribution in [0.4, 0.5) is 10.1 Å². The Hall–Kier alpha value is -2.61. The molecule has 0 radical (unpaired) electrons. The summed E-state index contributed by atoms with van der Waals surface area (Å²) in [5.41, 5.74) is 1.49. The number of amides is 1. The van der Waals surface area contributed by atoms with Crippen molar-refractivity contribution in [3.63, 3.8) is 0 Å². The fraction of sp³-hybridized carbons (Fsp3) is 0.435. The molecule has 1 atom stereocenters. The van der Waals surface area contributed by atoms with Gasteiger partial charge < -0.3 is 10.1 Å². The van der Waals surface area contributed by atoms with E-state index in [2.05, 4.69) is 26.1 Å². The van der Waals surface area contributed by atoms with Crippen molar-refractivity contribution in [1.82, 2.24) is 5.32 Å². The zero-order valence-electron chi connectivity index (χ0n) is 18.7. The summed E-state index contributed by atoms with van der Waals surface area (Å²) in [6, 6.07) is 11.9. The van der Waals surface area contributed by atoms with E-state index in [-0.39, 0.29) is 30.7 Å². The third-order valence-electron chi connectivity index (χ3n) is 4.80. The van der Waals surface area contributed by atoms with Crippen molar-refractivity contribution < 1.29 is 22.3 Å². The van der Waals surface area contributed by atoms with Crippen LogP contribution in [-0.2, 0) is 20.2 Å². The number of anilines is 1. The predicted octanol–water partition coefficient (Wildman–Crippen LogP) is 3.86. The molecule has 0 saturated heterocycles. The summed E-state index contributed by atoms with van der Waals surface area (Å²) >= 11 is 0. The van der Waals surface area contributed by atoms with Crippen LogP contribution in [-0.4, -0.2) is 39.8 Å². The molecule has 8 heteroatoms. The van der Waals surface area contributed by atoms with Gasteiger partial charge in [0, 0.05) is 0 Å². The highest BCUT2D eigenvalue weighted by atomic mass is 32.2. The number of carbonyl (C=O) groups is 1. The van der Waals surface area contributed by atoms with E-state index in [9.17, 15) is 17.6 Å². The molecular weight excluding hydrogens is 419 g/mol. The average Bonchev–Trinajstić information content (AvgIpc) is 2.69. The van der Waals surface area contributed by atoms with Gasteiger partial charge >= 0.3 is 0 Å². The van der Waals surface area contributed by atoms with Gasteiger partial charge in [0.2, 0.25) is 15.9 Å². The first-order valence-electron chi connectivity index (χ1n) is 10.2. The third kappa shape index (κ3) is 6.95. The van der Waals surface area contributed by atoms with E-state index < -0.39 is 27.8 Å². The molecule has 6 nitrogen and oxygen atoms in total. The van der Waals surface area contributed by atoms with Gasteiger partial charge in [0.05, 0.1) is 18.5 Å². The molecule has 2 rings (SSSR count). The topological polar surface area (TPSA) is 75.7 Å². The Bertz CT molecular complexity index is 968. The molecule has 0 bridgehead atoms. The molecule has 2 aromatic carbocycles. The maximum Gasteiger partial charge on any atom is 0.244 e. The van der Waals surface area contributed by atoms with Crippen LogP contribution >= 0.6 is 0 Å². The Morgan fingerprint density at radius 1 is 1.10 bits per heavy atom. The summed E-state index contributed by atoms with van der Waals surface area (Å²) in [7, 11) is -3.76. The van der Waals surface area contributed by atoms with E-state index in [4.69, 9.17) is 4.74 Å². The molecule has 170 valence electrons. The Morgan fingerprint density at radius 3 is 2.16 bits per heavy atom. The number of ether oxygens (including phenoxy) is 1. The second-order valence-electron chi connectivity index (χ2n) is 8.37. The number of halogens is 1. The summed E-state index contributed by atoms with van der Waals surface area (Å²) in [6.45, 7) is 8.58. The number of nitrogens with one attached hydrogen (secondary N) is 1. The Labute approximate surface area is 184 Å². The molecule has 1 unspecified atom stereocenters. The number of nitrogens with zero attached hydrogens (tertiary/aromatic N) is 1. The largest absolute Gasteiger partial charge is 0.492 e. The molecule has 0 aromatic heterocycles. The van der Waals surface area contributed by atoms with Crippen molar-refractivity contribution in [1.29, 1.82) is 0 Å². The summed E-state index contributed by atoms with van der Waals surface area (Å²) in [6.07, 6.45) is 1.28. The van der Waals surface area contributed by atoms with E-state index in [0.29, 0.717) is 5.75 Å². The van der Waals surface area contributed by atoms with Crippen LogP contribution in [0.1, 0.15) is 39.7 Å². The van der Waals surface area contributed by atoms with Gasteiger partial charge in [-0.05, 0) is 53.8 Å². The van der Waals surface area contributed by atoms with Gasteiger partial charge in [0.25, 0.3) is 0 Å². The van der Waals surface area contributed by atoms with E-state index in [1.807, 2.05) is 24.3 Å². The normalized spacial score (nSPS) is 12.8. The van der Waals surface area contributed by atoms with Crippen LogP contribution in [0.2, 0.25) is 0 Å². The molecule has 0 aliphatic heterocycles. The molecule has 0 spiro atoms. The number of rotatable bonds is 9. The maximum atomic E-state index is 13.3. The number of sulfonamides is 1. The zero-order valence-corrected chi connectivity index (χ0v) is 19.5. The van der Waals surface area contributed by atoms with Gasteiger partial charge in [-0.2, -0.15) is 0 Å². The van der Waals surface area contributed by atoms with Crippen LogP contribution in [0.5, 0.6) is 5.75 Å².